The molecule has 5 nitrogen and oxygen atoms in total. The lowest BCUT2D eigenvalue weighted by atomic mass is 10.00. The Labute approximate surface area is 199 Å². The van der Waals surface area contributed by atoms with Crippen LogP contribution in [0.25, 0.3) is 11.3 Å². The summed E-state index contributed by atoms with van der Waals surface area (Å²) in [5.74, 6) is 1.63. The van der Waals surface area contributed by atoms with Crippen molar-refractivity contribution in [3.8, 4) is 11.3 Å². The van der Waals surface area contributed by atoms with Crippen LogP contribution in [0.4, 0.5) is 19.0 Å². The van der Waals surface area contributed by atoms with Crippen LogP contribution < -0.4 is 5.32 Å². The normalized spacial score (nSPS) is 26.1. The van der Waals surface area contributed by atoms with Gasteiger partial charge in [-0.2, -0.15) is 13.2 Å². The molecule has 3 atom stereocenters. The number of alkyl halides is 3. The van der Waals surface area contributed by atoms with E-state index in [1.54, 1.807) is 0 Å². The van der Waals surface area contributed by atoms with E-state index in [4.69, 9.17) is 4.74 Å². The van der Waals surface area contributed by atoms with E-state index in [-0.39, 0.29) is 17.6 Å². The quantitative estimate of drug-likeness (QED) is 0.635. The minimum atomic E-state index is -4.50. The summed E-state index contributed by atoms with van der Waals surface area (Å²) in [6.07, 6.45) is -0.473. The van der Waals surface area contributed by atoms with Gasteiger partial charge >= 0.3 is 6.18 Å². The van der Waals surface area contributed by atoms with Crippen molar-refractivity contribution in [3.05, 3.63) is 41.0 Å². The Morgan fingerprint density at radius 3 is 2.41 bits per heavy atom. The summed E-state index contributed by atoms with van der Waals surface area (Å²) in [6.45, 7) is 8.73. The van der Waals surface area contributed by atoms with Gasteiger partial charge in [-0.15, -0.1) is 10.2 Å². The molecule has 5 rings (SSSR count). The van der Waals surface area contributed by atoms with Gasteiger partial charge in [0.15, 0.2) is 5.82 Å². The second kappa shape index (κ2) is 9.46. The molecule has 1 N–H and O–H groups in total. The van der Waals surface area contributed by atoms with Gasteiger partial charge in [0.25, 0.3) is 0 Å². The lowest BCUT2D eigenvalue weighted by Gasteiger charge is -2.28. The SMILES string of the molecule is Cc1ccc(C)c(-c2cc(C(F)(F)F)c(NC3C[C@@H]4CN(CC5CCOCC5)C[C@@H]4C3)nn2)c1. The third-order valence-electron chi connectivity index (χ3n) is 7.79. The number of aromatic nitrogens is 2. The van der Waals surface area contributed by atoms with Crippen molar-refractivity contribution >= 4 is 5.82 Å². The van der Waals surface area contributed by atoms with Gasteiger partial charge in [0.2, 0.25) is 0 Å². The summed E-state index contributed by atoms with van der Waals surface area (Å²) in [7, 11) is 0. The average Bonchev–Trinajstić information content (AvgIpc) is 3.33. The first-order valence-electron chi connectivity index (χ1n) is 12.4. The predicted molar refractivity (Wildman–Crippen MR) is 126 cm³/mol. The number of nitrogens with one attached hydrogen (secondary N) is 1. The Bertz CT molecular complexity index is 1010. The fraction of sp³-hybridized carbons (Fsp3) is 0.615. The molecule has 1 aliphatic carbocycles. The molecule has 0 radical (unpaired) electrons. The number of aryl methyl sites for hydroxylation is 2. The van der Waals surface area contributed by atoms with Gasteiger partial charge in [-0.1, -0.05) is 17.7 Å². The molecule has 1 aromatic carbocycles. The molecule has 3 aliphatic rings. The van der Waals surface area contributed by atoms with E-state index in [0.717, 1.165) is 75.7 Å². The van der Waals surface area contributed by atoms with Crippen molar-refractivity contribution in [1.29, 1.82) is 0 Å². The van der Waals surface area contributed by atoms with Crippen molar-refractivity contribution in [3.63, 3.8) is 0 Å². The molecule has 2 aliphatic heterocycles. The van der Waals surface area contributed by atoms with Crippen LogP contribution in [0, 0.1) is 31.6 Å². The van der Waals surface area contributed by atoms with Crippen LogP contribution in [0.1, 0.15) is 42.4 Å². The molecule has 0 amide bonds. The first-order chi connectivity index (χ1) is 16.3. The molecular formula is C26H33F3N4O. The number of halogens is 3. The third-order valence-corrected chi connectivity index (χ3v) is 7.79. The highest BCUT2D eigenvalue weighted by molar-refractivity contribution is 5.66. The molecule has 2 aromatic rings. The highest BCUT2D eigenvalue weighted by Gasteiger charge is 2.43. The molecule has 2 saturated heterocycles. The zero-order valence-corrected chi connectivity index (χ0v) is 19.9. The topological polar surface area (TPSA) is 50.3 Å². The van der Waals surface area contributed by atoms with Gasteiger partial charge in [0.05, 0.1) is 5.69 Å². The number of fused-ring (bicyclic) bond motifs is 1. The zero-order valence-electron chi connectivity index (χ0n) is 19.9. The molecule has 34 heavy (non-hydrogen) atoms. The van der Waals surface area contributed by atoms with Crippen molar-refractivity contribution in [2.24, 2.45) is 17.8 Å². The van der Waals surface area contributed by atoms with Crippen LogP contribution in [0.5, 0.6) is 0 Å². The largest absolute Gasteiger partial charge is 0.420 e. The predicted octanol–water partition coefficient (Wildman–Crippen LogP) is 5.33. The molecular weight excluding hydrogens is 441 g/mol. The van der Waals surface area contributed by atoms with Crippen molar-refractivity contribution < 1.29 is 17.9 Å². The van der Waals surface area contributed by atoms with Crippen LogP contribution in [0.3, 0.4) is 0 Å². The lowest BCUT2D eigenvalue weighted by Crippen LogP contribution is -2.32. The van der Waals surface area contributed by atoms with Crippen LogP contribution in [0.15, 0.2) is 24.3 Å². The molecule has 184 valence electrons. The van der Waals surface area contributed by atoms with Gasteiger partial charge in [-0.25, -0.2) is 0 Å². The van der Waals surface area contributed by atoms with Crippen LogP contribution in [-0.4, -0.2) is 54.0 Å². The maximum absolute atomic E-state index is 14.0. The van der Waals surface area contributed by atoms with Crippen LogP contribution >= 0.6 is 0 Å². The van der Waals surface area contributed by atoms with E-state index in [1.165, 1.54) is 0 Å². The Morgan fingerprint density at radius 1 is 1.03 bits per heavy atom. The van der Waals surface area contributed by atoms with Gasteiger partial charge < -0.3 is 15.0 Å². The Morgan fingerprint density at radius 2 is 1.74 bits per heavy atom. The highest BCUT2D eigenvalue weighted by Crippen LogP contribution is 2.42. The number of benzene rings is 1. The lowest BCUT2D eigenvalue weighted by molar-refractivity contribution is -0.137. The summed E-state index contributed by atoms with van der Waals surface area (Å²) in [5.41, 5.74) is 2.05. The monoisotopic (exact) mass is 474 g/mol. The molecule has 1 aromatic heterocycles. The van der Waals surface area contributed by atoms with E-state index in [2.05, 4.69) is 20.4 Å². The number of anilines is 1. The van der Waals surface area contributed by atoms with E-state index in [9.17, 15) is 13.2 Å². The number of ether oxygens (including phenoxy) is 1. The first kappa shape index (κ1) is 23.5. The van der Waals surface area contributed by atoms with Crippen molar-refractivity contribution in [2.45, 2.75) is 51.7 Å². The summed E-state index contributed by atoms with van der Waals surface area (Å²) >= 11 is 0. The van der Waals surface area contributed by atoms with E-state index >= 15 is 0 Å². The smallest absolute Gasteiger partial charge is 0.381 e. The summed E-state index contributed by atoms with van der Waals surface area (Å²) in [4.78, 5) is 2.56. The minimum Gasteiger partial charge on any atom is -0.381 e. The summed E-state index contributed by atoms with van der Waals surface area (Å²) in [6, 6.07) is 6.84. The Kier molecular flexibility index (Phi) is 6.55. The standard InChI is InChI=1S/C26H33F3N4O/c1-16-3-4-17(2)22(9-16)24-12-23(26(27,28)29)25(32-31-24)30-21-10-19-14-33(15-20(19)11-21)13-18-5-7-34-8-6-18/h3-4,9,12,18-21H,5-8,10-11,13-15H2,1-2H3,(H,30,32)/t19-,20+,21?. The second-order valence-electron chi connectivity index (χ2n) is 10.4. The van der Waals surface area contributed by atoms with Gasteiger partial charge in [0, 0.05) is 44.5 Å². The van der Waals surface area contributed by atoms with Crippen molar-refractivity contribution in [2.75, 3.05) is 38.2 Å². The zero-order chi connectivity index (χ0) is 23.9. The molecule has 1 saturated carbocycles. The fourth-order valence-corrected chi connectivity index (χ4v) is 6.01. The maximum atomic E-state index is 14.0. The Hall–Kier alpha value is -2.19. The molecule has 0 bridgehead atoms. The minimum absolute atomic E-state index is 0.00202. The van der Waals surface area contributed by atoms with E-state index in [1.807, 2.05) is 32.0 Å². The average molecular weight is 475 g/mol. The molecule has 3 fully saturated rings. The Balaban J connectivity index is 1.26. The fourth-order valence-electron chi connectivity index (χ4n) is 6.01. The number of hydrogen-bond acceptors (Lipinski definition) is 5. The van der Waals surface area contributed by atoms with Crippen LogP contribution in [0.2, 0.25) is 0 Å². The first-order valence-corrected chi connectivity index (χ1v) is 12.4. The van der Waals surface area contributed by atoms with Crippen molar-refractivity contribution in [1.82, 2.24) is 15.1 Å². The number of likely N-dealkylation sites (tertiary alicyclic amines) is 1. The molecule has 3 heterocycles. The van der Waals surface area contributed by atoms with Gasteiger partial charge in [-0.05, 0) is 75.0 Å². The van der Waals surface area contributed by atoms with E-state index in [0.29, 0.717) is 23.3 Å². The molecule has 1 unspecified atom stereocenters. The summed E-state index contributed by atoms with van der Waals surface area (Å²) < 4.78 is 47.4. The van der Waals surface area contributed by atoms with Gasteiger partial charge in [0.1, 0.15) is 5.56 Å². The van der Waals surface area contributed by atoms with E-state index < -0.39 is 11.7 Å². The summed E-state index contributed by atoms with van der Waals surface area (Å²) in [5, 5.41) is 11.3. The highest BCUT2D eigenvalue weighted by atomic mass is 19.4. The molecule has 0 spiro atoms. The maximum Gasteiger partial charge on any atom is 0.420 e. The third kappa shape index (κ3) is 5.08. The second-order valence-corrected chi connectivity index (χ2v) is 10.4. The number of nitrogens with zero attached hydrogens (tertiary/aromatic N) is 3. The van der Waals surface area contributed by atoms with Crippen LogP contribution in [-0.2, 0) is 10.9 Å². The van der Waals surface area contributed by atoms with Gasteiger partial charge in [-0.3, -0.25) is 0 Å². The number of rotatable bonds is 5. The molecule has 8 heteroatoms. The number of hydrogen-bond donors (Lipinski definition) is 1.